The number of nitrogens with zero attached hydrogens (tertiary/aromatic N) is 1. The van der Waals surface area contributed by atoms with E-state index in [-0.39, 0.29) is 22.0 Å². The van der Waals surface area contributed by atoms with Crippen LogP contribution in [0.4, 0.5) is 0 Å². The molecular weight excluding hydrogens is 246 g/mol. The molecule has 1 heterocycles. The smallest absolute Gasteiger partial charge is 0.0755 e. The first-order valence-corrected chi connectivity index (χ1v) is 8.16. The Bertz CT molecular complexity index is 306. The van der Waals surface area contributed by atoms with Gasteiger partial charge >= 0.3 is 0 Å². The summed E-state index contributed by atoms with van der Waals surface area (Å²) in [6.45, 7) is 23.9. The third-order valence-electron chi connectivity index (χ3n) is 4.67. The Kier molecular flexibility index (Phi) is 5.04. The van der Waals surface area contributed by atoms with Crippen LogP contribution in [-0.2, 0) is 4.74 Å². The molecule has 1 aliphatic rings. The highest BCUT2D eigenvalue weighted by atomic mass is 16.5. The van der Waals surface area contributed by atoms with Gasteiger partial charge in [-0.25, -0.2) is 0 Å². The van der Waals surface area contributed by atoms with Gasteiger partial charge in [-0.2, -0.15) is 0 Å². The lowest BCUT2D eigenvalue weighted by molar-refractivity contribution is -0.168. The summed E-state index contributed by atoms with van der Waals surface area (Å²) in [4.78, 5) is 2.59. The summed E-state index contributed by atoms with van der Waals surface area (Å²) in [5.41, 5.74) is 0.734. The molecule has 1 saturated heterocycles. The van der Waals surface area contributed by atoms with Crippen LogP contribution in [0.15, 0.2) is 0 Å². The molecule has 2 nitrogen and oxygen atoms in total. The van der Waals surface area contributed by atoms with Crippen LogP contribution < -0.4 is 0 Å². The van der Waals surface area contributed by atoms with Crippen molar-refractivity contribution in [3.05, 3.63) is 0 Å². The van der Waals surface area contributed by atoms with Crippen molar-refractivity contribution in [3.63, 3.8) is 0 Å². The molecule has 0 unspecified atom stereocenters. The highest BCUT2D eigenvalue weighted by Gasteiger charge is 2.46. The second kappa shape index (κ2) is 5.61. The van der Waals surface area contributed by atoms with E-state index in [0.717, 1.165) is 32.5 Å². The van der Waals surface area contributed by atoms with E-state index in [0.29, 0.717) is 0 Å². The molecule has 1 fully saturated rings. The maximum Gasteiger partial charge on any atom is 0.0755 e. The maximum atomic E-state index is 6.53. The summed E-state index contributed by atoms with van der Waals surface area (Å²) in [5, 5.41) is 0. The van der Waals surface area contributed by atoms with E-state index in [1.807, 2.05) is 0 Å². The van der Waals surface area contributed by atoms with Crippen LogP contribution in [0.2, 0.25) is 0 Å². The van der Waals surface area contributed by atoms with E-state index < -0.39 is 0 Å². The van der Waals surface area contributed by atoms with Crippen molar-refractivity contribution in [2.75, 3.05) is 19.7 Å². The third kappa shape index (κ3) is 4.46. The zero-order valence-corrected chi connectivity index (χ0v) is 15.4. The second-order valence-electron chi connectivity index (χ2n) is 9.75. The van der Waals surface area contributed by atoms with Gasteiger partial charge in [0.05, 0.1) is 12.2 Å². The molecule has 0 radical (unpaired) electrons. The van der Waals surface area contributed by atoms with Gasteiger partial charge in [-0.3, -0.25) is 4.90 Å². The van der Waals surface area contributed by atoms with Gasteiger partial charge in [0.25, 0.3) is 0 Å². The molecule has 2 heteroatoms. The summed E-state index contributed by atoms with van der Waals surface area (Å²) in [6, 6.07) is 0. The van der Waals surface area contributed by atoms with E-state index in [1.165, 1.54) is 0 Å². The number of hydrogen-bond donors (Lipinski definition) is 0. The molecule has 20 heavy (non-hydrogen) atoms. The minimum absolute atomic E-state index is 0.0298. The van der Waals surface area contributed by atoms with E-state index >= 15 is 0 Å². The largest absolute Gasteiger partial charge is 0.374 e. The Hall–Kier alpha value is -0.0800. The fourth-order valence-corrected chi connectivity index (χ4v) is 3.00. The molecule has 120 valence electrons. The van der Waals surface area contributed by atoms with Gasteiger partial charge in [-0.1, -0.05) is 41.5 Å². The molecule has 0 aromatic heterocycles. The van der Waals surface area contributed by atoms with Gasteiger partial charge in [0.1, 0.15) is 0 Å². The molecule has 0 aromatic carbocycles. The van der Waals surface area contributed by atoms with Crippen LogP contribution in [0.1, 0.15) is 75.2 Å². The Morgan fingerprint density at radius 3 is 1.60 bits per heavy atom. The van der Waals surface area contributed by atoms with Crippen LogP contribution >= 0.6 is 0 Å². The lowest BCUT2D eigenvalue weighted by Crippen LogP contribution is -2.57. The van der Waals surface area contributed by atoms with Crippen LogP contribution in [0.25, 0.3) is 0 Å². The van der Waals surface area contributed by atoms with E-state index in [9.17, 15) is 0 Å². The zero-order valence-electron chi connectivity index (χ0n) is 15.4. The van der Waals surface area contributed by atoms with E-state index in [4.69, 9.17) is 4.74 Å². The van der Waals surface area contributed by atoms with Gasteiger partial charge in [-0.15, -0.1) is 0 Å². The summed E-state index contributed by atoms with van der Waals surface area (Å²) >= 11 is 0. The summed E-state index contributed by atoms with van der Waals surface area (Å²) < 4.78 is 6.53. The van der Waals surface area contributed by atoms with Crippen molar-refractivity contribution >= 4 is 0 Å². The van der Waals surface area contributed by atoms with Crippen LogP contribution in [0.5, 0.6) is 0 Å². The average molecular weight is 284 g/mol. The Morgan fingerprint density at radius 1 is 0.850 bits per heavy atom. The highest BCUT2D eigenvalue weighted by molar-refractivity contribution is 4.98. The summed E-state index contributed by atoms with van der Waals surface area (Å²) in [5.74, 6) is 0. The lowest BCUT2D eigenvalue weighted by atomic mass is 9.70. The number of ether oxygens (including phenoxy) is 1. The summed E-state index contributed by atoms with van der Waals surface area (Å²) in [6.07, 6.45) is 2.29. The predicted molar refractivity (Wildman–Crippen MR) is 88.2 cm³/mol. The second-order valence-corrected chi connectivity index (χ2v) is 9.75. The normalized spacial score (nSPS) is 22.1. The molecule has 1 aliphatic heterocycles. The van der Waals surface area contributed by atoms with Crippen molar-refractivity contribution in [3.8, 4) is 0 Å². The van der Waals surface area contributed by atoms with Gasteiger partial charge < -0.3 is 4.74 Å². The fraction of sp³-hybridized carbons (Fsp3) is 1.00. The fourth-order valence-electron chi connectivity index (χ4n) is 3.00. The summed E-state index contributed by atoms with van der Waals surface area (Å²) in [7, 11) is 0. The van der Waals surface area contributed by atoms with Crippen molar-refractivity contribution < 1.29 is 4.74 Å². The Balaban J connectivity index is 2.80. The quantitative estimate of drug-likeness (QED) is 0.726. The molecule has 1 rings (SSSR count). The van der Waals surface area contributed by atoms with Crippen molar-refractivity contribution in [2.45, 2.75) is 86.3 Å². The average Bonchev–Trinajstić information content (AvgIpc) is 2.23. The van der Waals surface area contributed by atoms with Gasteiger partial charge in [0, 0.05) is 18.6 Å². The van der Waals surface area contributed by atoms with Crippen LogP contribution in [0, 0.1) is 10.8 Å². The van der Waals surface area contributed by atoms with Gasteiger partial charge in [0.15, 0.2) is 0 Å². The number of piperidine rings is 1. The predicted octanol–water partition coefficient (Wildman–Crippen LogP) is 4.73. The molecule has 0 spiro atoms. The molecule has 0 amide bonds. The molecule has 0 atom stereocenters. The Morgan fingerprint density at radius 2 is 1.30 bits per heavy atom. The third-order valence-corrected chi connectivity index (χ3v) is 4.67. The standard InChI is InChI=1S/C18H37NO/c1-15(2,3)14-20-18(16(4,5)6)10-12-19(13-11-18)17(7,8)9/h10-14H2,1-9H3. The van der Waals surface area contributed by atoms with Gasteiger partial charge in [-0.05, 0) is 44.4 Å². The van der Waals surface area contributed by atoms with E-state index in [1.54, 1.807) is 0 Å². The molecule has 0 N–H and O–H groups in total. The first-order valence-electron chi connectivity index (χ1n) is 8.16. The number of hydrogen-bond acceptors (Lipinski definition) is 2. The van der Waals surface area contributed by atoms with E-state index in [2.05, 4.69) is 67.2 Å². The number of rotatable bonds is 2. The molecule has 0 saturated carbocycles. The minimum atomic E-state index is 0.0298. The molecule has 0 bridgehead atoms. The first kappa shape index (κ1) is 18.0. The molecule has 0 aromatic rings. The van der Waals surface area contributed by atoms with Crippen molar-refractivity contribution in [1.82, 2.24) is 4.90 Å². The van der Waals surface area contributed by atoms with Crippen LogP contribution in [0.3, 0.4) is 0 Å². The zero-order chi connectivity index (χ0) is 15.8. The number of likely N-dealkylation sites (tertiary alicyclic amines) is 1. The van der Waals surface area contributed by atoms with Crippen LogP contribution in [-0.4, -0.2) is 35.7 Å². The first-order chi connectivity index (χ1) is 8.77. The van der Waals surface area contributed by atoms with Gasteiger partial charge in [0.2, 0.25) is 0 Å². The monoisotopic (exact) mass is 283 g/mol. The topological polar surface area (TPSA) is 12.5 Å². The lowest BCUT2D eigenvalue weighted by Gasteiger charge is -2.52. The molecular formula is C18H37NO. The minimum Gasteiger partial charge on any atom is -0.374 e. The highest BCUT2D eigenvalue weighted by Crippen LogP contribution is 2.43. The van der Waals surface area contributed by atoms with Crippen molar-refractivity contribution in [1.29, 1.82) is 0 Å². The Labute approximate surface area is 127 Å². The molecule has 0 aliphatic carbocycles. The SMILES string of the molecule is CC(C)(C)COC1(C(C)(C)C)CCN(C(C)(C)C)CC1. The van der Waals surface area contributed by atoms with Crippen molar-refractivity contribution in [2.24, 2.45) is 10.8 Å². The maximum absolute atomic E-state index is 6.53.